The molecule has 0 fully saturated rings. The molecule has 1 aliphatic rings. The molecule has 2 aromatic rings. The van der Waals surface area contributed by atoms with E-state index in [1.54, 1.807) is 0 Å². The number of nitrogens with zero attached hydrogens (tertiary/aromatic N) is 1. The monoisotopic (exact) mass is 286 g/mol. The molecule has 1 heterocycles. The predicted octanol–water partition coefficient (Wildman–Crippen LogP) is 3.30. The van der Waals surface area contributed by atoms with Crippen LogP contribution in [0.25, 0.3) is 0 Å². The minimum Gasteiger partial charge on any atom is -0.489 e. The van der Waals surface area contributed by atoms with Gasteiger partial charge in [0.2, 0.25) is 12.2 Å². The summed E-state index contributed by atoms with van der Waals surface area (Å²) in [5.74, 6) is 1.69. The molecule has 20 heavy (non-hydrogen) atoms. The fraction of sp³-hybridized carbons (Fsp3) is 0.133. The van der Waals surface area contributed by atoms with E-state index in [1.165, 1.54) is 0 Å². The molecule has 2 aromatic carbocycles. The lowest BCUT2D eigenvalue weighted by atomic mass is 10.1. The largest absolute Gasteiger partial charge is 0.489 e. The van der Waals surface area contributed by atoms with Crippen molar-refractivity contribution in [3.63, 3.8) is 0 Å². The average molecular weight is 286 g/mol. The highest BCUT2D eigenvalue weighted by molar-refractivity contribution is 7.93. The molecule has 0 saturated heterocycles. The topological polar surface area (TPSA) is 42.9 Å². The first-order valence-corrected chi connectivity index (χ1v) is 7.05. The summed E-state index contributed by atoms with van der Waals surface area (Å²) >= 11 is 1.13. The van der Waals surface area contributed by atoms with Crippen LogP contribution in [0.1, 0.15) is 11.1 Å². The van der Waals surface area contributed by atoms with E-state index < -0.39 is 0 Å². The molecule has 0 saturated carbocycles. The summed E-state index contributed by atoms with van der Waals surface area (Å²) in [6.45, 7) is 0.582. The third kappa shape index (κ3) is 3.45. The van der Waals surface area contributed by atoms with E-state index in [-0.39, 0.29) is 0 Å². The van der Waals surface area contributed by atoms with Crippen LogP contribution in [-0.4, -0.2) is 5.84 Å². The van der Waals surface area contributed by atoms with Crippen molar-refractivity contribution in [2.45, 2.75) is 13.0 Å². The second-order valence-corrected chi connectivity index (χ2v) is 4.91. The van der Waals surface area contributed by atoms with Crippen molar-refractivity contribution < 1.29 is 9.02 Å². The lowest BCUT2D eigenvalue weighted by Gasteiger charge is -2.07. The fourth-order valence-electron chi connectivity index (χ4n) is 1.86. The maximum absolute atomic E-state index is 5.74. The van der Waals surface area contributed by atoms with Crippen molar-refractivity contribution in [2.24, 2.45) is 5.16 Å². The molecule has 0 aromatic heterocycles. The molecule has 3 rings (SSSR count). The van der Waals surface area contributed by atoms with Gasteiger partial charge in [-0.2, -0.15) is 0 Å². The lowest BCUT2D eigenvalue weighted by Crippen LogP contribution is -2.13. The van der Waals surface area contributed by atoms with Crippen LogP contribution in [0.3, 0.4) is 0 Å². The van der Waals surface area contributed by atoms with Gasteiger partial charge in [0, 0.05) is 6.42 Å². The van der Waals surface area contributed by atoms with Gasteiger partial charge in [-0.3, -0.25) is 9.01 Å². The molecule has 1 aliphatic heterocycles. The minimum atomic E-state index is 0.582. The van der Waals surface area contributed by atoms with Crippen LogP contribution in [0, 0.1) is 0 Å². The Morgan fingerprint density at radius 3 is 2.50 bits per heavy atom. The Hall–Kier alpha value is -2.14. The van der Waals surface area contributed by atoms with Gasteiger partial charge in [-0.15, -0.1) is 0 Å². The number of nitrogens with one attached hydrogen (secondary N) is 1. The number of amidine groups is 1. The first-order chi connectivity index (χ1) is 9.90. The number of oxime groups is 1. The zero-order chi connectivity index (χ0) is 13.6. The number of hydrogen-bond donors (Lipinski definition) is 1. The zero-order valence-corrected chi connectivity index (χ0v) is 11.6. The van der Waals surface area contributed by atoms with E-state index in [9.17, 15) is 0 Å². The van der Waals surface area contributed by atoms with Crippen LogP contribution < -0.4 is 9.46 Å². The number of benzene rings is 2. The van der Waals surface area contributed by atoms with Crippen LogP contribution in [0.4, 0.5) is 0 Å². The predicted molar refractivity (Wildman–Crippen MR) is 80.2 cm³/mol. The third-order valence-corrected chi connectivity index (χ3v) is 3.36. The van der Waals surface area contributed by atoms with E-state index in [2.05, 4.69) is 22.0 Å². The Morgan fingerprint density at radius 1 is 1.00 bits per heavy atom. The van der Waals surface area contributed by atoms with E-state index in [4.69, 9.17) is 9.02 Å². The van der Waals surface area contributed by atoms with Crippen molar-refractivity contribution in [2.75, 3.05) is 0 Å². The Bertz CT molecular complexity index is 585. The van der Waals surface area contributed by atoms with Gasteiger partial charge in [0.15, 0.2) is 5.84 Å². The number of rotatable bonds is 5. The lowest BCUT2D eigenvalue weighted by molar-refractivity contribution is 0.306. The van der Waals surface area contributed by atoms with E-state index in [0.717, 1.165) is 41.4 Å². The van der Waals surface area contributed by atoms with E-state index in [1.807, 2.05) is 42.5 Å². The fourth-order valence-corrected chi connectivity index (χ4v) is 2.23. The van der Waals surface area contributed by atoms with Gasteiger partial charge in [0.05, 0.1) is 0 Å². The molecule has 102 valence electrons. The van der Waals surface area contributed by atoms with Gasteiger partial charge in [-0.05, 0) is 23.3 Å². The smallest absolute Gasteiger partial charge is 0.208 e. The second-order valence-electron chi connectivity index (χ2n) is 4.39. The van der Waals surface area contributed by atoms with Crippen LogP contribution >= 0.6 is 12.2 Å². The molecule has 0 unspecified atom stereocenters. The number of hydrogen-bond acceptors (Lipinski definition) is 5. The van der Waals surface area contributed by atoms with Crippen LogP contribution in [-0.2, 0) is 17.3 Å². The van der Waals surface area contributed by atoms with Gasteiger partial charge in [0.1, 0.15) is 12.4 Å². The molecule has 0 spiro atoms. The molecule has 4 nitrogen and oxygen atoms in total. The van der Waals surface area contributed by atoms with Gasteiger partial charge in [-0.25, -0.2) is 0 Å². The summed E-state index contributed by atoms with van der Waals surface area (Å²) in [6, 6.07) is 18.1. The first kappa shape index (κ1) is 12.9. The molecule has 5 heteroatoms. The van der Waals surface area contributed by atoms with Crippen molar-refractivity contribution >= 4 is 18.1 Å². The van der Waals surface area contributed by atoms with Gasteiger partial charge in [-0.1, -0.05) is 47.6 Å². The summed E-state index contributed by atoms with van der Waals surface area (Å²) in [5.41, 5.74) is 2.32. The molecule has 0 aliphatic carbocycles. The summed E-state index contributed by atoms with van der Waals surface area (Å²) in [4.78, 5) is 0. The third-order valence-electron chi connectivity index (χ3n) is 2.89. The molecule has 0 radical (unpaired) electrons. The summed E-state index contributed by atoms with van der Waals surface area (Å²) in [5, 5.41) is 3.87. The Labute approximate surface area is 122 Å². The summed E-state index contributed by atoms with van der Waals surface area (Å²) in [7, 11) is 0. The molecule has 1 N–H and O–H groups in total. The highest BCUT2D eigenvalue weighted by atomic mass is 32.2. The Balaban J connectivity index is 1.56. The van der Waals surface area contributed by atoms with E-state index in [0.29, 0.717) is 6.61 Å². The van der Waals surface area contributed by atoms with Gasteiger partial charge >= 0.3 is 0 Å². The average Bonchev–Trinajstić information content (AvgIpc) is 3.01. The summed E-state index contributed by atoms with van der Waals surface area (Å²) < 4.78 is 13.5. The van der Waals surface area contributed by atoms with Crippen LogP contribution in [0.15, 0.2) is 59.8 Å². The maximum atomic E-state index is 5.74. The highest BCUT2D eigenvalue weighted by Gasteiger charge is 2.08. The first-order valence-electron chi connectivity index (χ1n) is 6.31. The SMILES string of the molecule is c1ccc(COc2ccc(CC3=NOSN3)cc2)cc1. The van der Waals surface area contributed by atoms with Crippen LogP contribution in [0.2, 0.25) is 0 Å². The molecule has 0 amide bonds. The second kappa shape index (κ2) is 6.34. The minimum absolute atomic E-state index is 0.582. The standard InChI is InChI=1S/C15H14N2O2S/c1-2-4-13(5-3-1)11-18-14-8-6-12(7-9-14)10-15-16-19-20-17-15/h1-9H,10-11H2,(H,16,17). The molecule has 0 atom stereocenters. The van der Waals surface area contributed by atoms with Crippen molar-refractivity contribution in [1.82, 2.24) is 4.72 Å². The molecular formula is C15H14N2O2S. The van der Waals surface area contributed by atoms with Crippen molar-refractivity contribution in [3.8, 4) is 5.75 Å². The highest BCUT2D eigenvalue weighted by Crippen LogP contribution is 2.16. The van der Waals surface area contributed by atoms with Crippen molar-refractivity contribution in [3.05, 3.63) is 65.7 Å². The Kier molecular flexibility index (Phi) is 4.08. The van der Waals surface area contributed by atoms with Gasteiger partial charge in [0.25, 0.3) is 0 Å². The number of ether oxygens (including phenoxy) is 1. The normalized spacial score (nSPS) is 13.3. The van der Waals surface area contributed by atoms with Crippen molar-refractivity contribution in [1.29, 1.82) is 0 Å². The quantitative estimate of drug-likeness (QED) is 0.676. The summed E-state index contributed by atoms with van der Waals surface area (Å²) in [6.07, 6.45) is 0.728. The van der Waals surface area contributed by atoms with Gasteiger partial charge < -0.3 is 4.74 Å². The maximum Gasteiger partial charge on any atom is 0.208 e. The Morgan fingerprint density at radius 2 is 1.80 bits per heavy atom. The van der Waals surface area contributed by atoms with E-state index >= 15 is 0 Å². The zero-order valence-electron chi connectivity index (χ0n) is 10.8. The molecular weight excluding hydrogens is 272 g/mol. The van der Waals surface area contributed by atoms with Crippen LogP contribution in [0.5, 0.6) is 5.75 Å². The molecule has 0 bridgehead atoms.